The summed E-state index contributed by atoms with van der Waals surface area (Å²) in [4.78, 5) is 26.3. The van der Waals surface area contributed by atoms with Crippen molar-refractivity contribution in [2.45, 2.75) is 94.9 Å². The summed E-state index contributed by atoms with van der Waals surface area (Å²) in [6.07, 6.45) is 5.48. The van der Waals surface area contributed by atoms with Crippen molar-refractivity contribution < 1.29 is 28.5 Å². The highest BCUT2D eigenvalue weighted by atomic mass is 16.6. The first-order valence-corrected chi connectivity index (χ1v) is 13.2. The average molecular weight is 505 g/mol. The molecule has 0 aromatic heterocycles. The number of carbonyl (C=O) groups excluding carboxylic acids is 2. The van der Waals surface area contributed by atoms with Crippen LogP contribution >= 0.6 is 0 Å². The first kappa shape index (κ1) is 28.4. The zero-order chi connectivity index (χ0) is 26.2. The van der Waals surface area contributed by atoms with Crippen LogP contribution in [0.5, 0.6) is 0 Å². The third kappa shape index (κ3) is 8.18. The van der Waals surface area contributed by atoms with Crippen molar-refractivity contribution in [2.75, 3.05) is 33.5 Å². The van der Waals surface area contributed by atoms with E-state index in [0.29, 0.717) is 25.5 Å². The molecule has 36 heavy (non-hydrogen) atoms. The molecule has 1 heterocycles. The Bertz CT molecular complexity index is 834. The fourth-order valence-corrected chi connectivity index (χ4v) is 5.21. The molecule has 2 atom stereocenters. The molecule has 1 aliphatic carbocycles. The van der Waals surface area contributed by atoms with Gasteiger partial charge in [0, 0.05) is 6.54 Å². The second kappa shape index (κ2) is 12.9. The molecule has 202 valence electrons. The van der Waals surface area contributed by atoms with Gasteiger partial charge >= 0.3 is 12.1 Å². The van der Waals surface area contributed by atoms with Gasteiger partial charge in [-0.2, -0.15) is 0 Å². The minimum Gasteiger partial charge on any atom is -0.469 e. The SMILES string of the molecule is COC(=O)CCOCC1(N)CCCN(C(=O)OC(C)(C)C)C1COC1CCC(c2ccccc2)CC1. The number of likely N-dealkylation sites (tertiary alicyclic amines) is 1. The van der Waals surface area contributed by atoms with E-state index in [0.717, 1.165) is 32.1 Å². The lowest BCUT2D eigenvalue weighted by Crippen LogP contribution is -2.67. The summed E-state index contributed by atoms with van der Waals surface area (Å²) in [6.45, 7) is 6.90. The number of piperidine rings is 1. The lowest BCUT2D eigenvalue weighted by atomic mass is 9.82. The fourth-order valence-electron chi connectivity index (χ4n) is 5.21. The smallest absolute Gasteiger partial charge is 0.410 e. The van der Waals surface area contributed by atoms with Crippen LogP contribution in [0.1, 0.15) is 77.2 Å². The molecule has 1 aromatic rings. The van der Waals surface area contributed by atoms with E-state index >= 15 is 0 Å². The molecule has 8 heteroatoms. The van der Waals surface area contributed by atoms with Gasteiger partial charge in [-0.05, 0) is 70.8 Å². The maximum atomic E-state index is 13.1. The van der Waals surface area contributed by atoms with E-state index in [2.05, 4.69) is 35.1 Å². The monoisotopic (exact) mass is 504 g/mol. The maximum Gasteiger partial charge on any atom is 0.410 e. The third-order valence-corrected chi connectivity index (χ3v) is 7.19. The predicted molar refractivity (Wildman–Crippen MR) is 138 cm³/mol. The van der Waals surface area contributed by atoms with Crippen molar-refractivity contribution in [2.24, 2.45) is 5.73 Å². The molecule has 2 unspecified atom stereocenters. The maximum absolute atomic E-state index is 13.1. The molecule has 3 rings (SSSR count). The highest BCUT2D eigenvalue weighted by Crippen LogP contribution is 2.35. The van der Waals surface area contributed by atoms with Gasteiger partial charge < -0.3 is 29.6 Å². The Morgan fingerprint density at radius 2 is 1.81 bits per heavy atom. The van der Waals surface area contributed by atoms with Crippen LogP contribution in [-0.4, -0.2) is 73.7 Å². The number of esters is 1. The molecule has 0 bridgehead atoms. The van der Waals surface area contributed by atoms with Crippen molar-refractivity contribution in [3.8, 4) is 0 Å². The van der Waals surface area contributed by atoms with Gasteiger partial charge in [0.25, 0.3) is 0 Å². The Hall–Kier alpha value is -2.16. The molecule has 2 fully saturated rings. The summed E-state index contributed by atoms with van der Waals surface area (Å²) in [5.74, 6) is 0.238. The molecule has 1 aliphatic heterocycles. The predicted octanol–water partition coefficient (Wildman–Crippen LogP) is 4.41. The lowest BCUT2D eigenvalue weighted by molar-refractivity contribution is -0.142. The Balaban J connectivity index is 1.63. The van der Waals surface area contributed by atoms with Crippen LogP contribution in [0.25, 0.3) is 0 Å². The minimum absolute atomic E-state index is 0.136. The molecule has 1 aromatic carbocycles. The van der Waals surface area contributed by atoms with Gasteiger partial charge in [-0.3, -0.25) is 4.79 Å². The lowest BCUT2D eigenvalue weighted by Gasteiger charge is -2.48. The molecular formula is C28H44N2O6. The first-order chi connectivity index (χ1) is 17.1. The Morgan fingerprint density at radius 3 is 2.44 bits per heavy atom. The fraction of sp³-hybridized carbons (Fsp3) is 0.714. The van der Waals surface area contributed by atoms with Crippen LogP contribution in [0.2, 0.25) is 0 Å². The zero-order valence-corrected chi connectivity index (χ0v) is 22.4. The largest absolute Gasteiger partial charge is 0.469 e. The van der Waals surface area contributed by atoms with Crippen molar-refractivity contribution in [3.05, 3.63) is 35.9 Å². The number of benzene rings is 1. The van der Waals surface area contributed by atoms with Gasteiger partial charge in [-0.1, -0.05) is 30.3 Å². The standard InChI is InChI=1S/C28H44N2O6/c1-27(2,3)36-26(32)30-17-8-16-28(29,20-34-18-15-25(31)33-4)24(30)19-35-23-13-11-22(12-14-23)21-9-6-5-7-10-21/h5-7,9-10,22-24H,8,11-20,29H2,1-4H3. The van der Waals surface area contributed by atoms with Crippen molar-refractivity contribution in [3.63, 3.8) is 0 Å². The van der Waals surface area contributed by atoms with Crippen LogP contribution in [0, 0.1) is 0 Å². The van der Waals surface area contributed by atoms with E-state index in [-0.39, 0.29) is 43.8 Å². The van der Waals surface area contributed by atoms with Gasteiger partial charge in [-0.25, -0.2) is 4.79 Å². The summed E-state index contributed by atoms with van der Waals surface area (Å²) in [5, 5.41) is 0. The molecule has 0 spiro atoms. The van der Waals surface area contributed by atoms with Crippen LogP contribution in [0.3, 0.4) is 0 Å². The second-order valence-corrected chi connectivity index (χ2v) is 11.1. The number of carbonyl (C=O) groups is 2. The first-order valence-electron chi connectivity index (χ1n) is 13.2. The second-order valence-electron chi connectivity index (χ2n) is 11.1. The number of methoxy groups -OCH3 is 1. The zero-order valence-electron chi connectivity index (χ0n) is 22.4. The molecule has 0 radical (unpaired) electrons. The van der Waals surface area contributed by atoms with Crippen molar-refractivity contribution in [1.29, 1.82) is 0 Å². The van der Waals surface area contributed by atoms with Gasteiger partial charge in [0.2, 0.25) is 0 Å². The number of rotatable bonds is 9. The Morgan fingerprint density at radius 1 is 1.11 bits per heavy atom. The summed E-state index contributed by atoms with van der Waals surface area (Å²) >= 11 is 0. The molecule has 1 saturated carbocycles. The van der Waals surface area contributed by atoms with E-state index in [1.54, 1.807) is 4.90 Å². The van der Waals surface area contributed by atoms with Crippen molar-refractivity contribution >= 4 is 12.1 Å². The van der Waals surface area contributed by atoms with Gasteiger partial charge in [0.15, 0.2) is 0 Å². The Labute approximate surface area is 215 Å². The number of hydrogen-bond acceptors (Lipinski definition) is 7. The Kier molecular flexibility index (Phi) is 10.2. The molecule has 1 saturated heterocycles. The van der Waals surface area contributed by atoms with Gasteiger partial charge in [0.1, 0.15) is 5.60 Å². The quantitative estimate of drug-likeness (QED) is 0.393. The molecule has 2 N–H and O–H groups in total. The minimum atomic E-state index is -0.799. The van der Waals surface area contributed by atoms with Crippen LogP contribution in [0.15, 0.2) is 30.3 Å². The van der Waals surface area contributed by atoms with E-state index < -0.39 is 11.1 Å². The topological polar surface area (TPSA) is 100 Å². The number of ether oxygens (including phenoxy) is 4. The van der Waals surface area contributed by atoms with E-state index in [9.17, 15) is 9.59 Å². The highest BCUT2D eigenvalue weighted by Gasteiger charge is 2.45. The summed E-state index contributed by atoms with van der Waals surface area (Å²) in [5.41, 5.74) is 6.87. The van der Waals surface area contributed by atoms with E-state index in [4.69, 9.17) is 19.9 Å². The van der Waals surface area contributed by atoms with Crippen LogP contribution in [-0.2, 0) is 23.7 Å². The number of amides is 1. The summed E-state index contributed by atoms with van der Waals surface area (Å²) in [7, 11) is 1.35. The number of hydrogen-bond donors (Lipinski definition) is 1. The van der Waals surface area contributed by atoms with E-state index in [1.165, 1.54) is 12.7 Å². The van der Waals surface area contributed by atoms with Crippen molar-refractivity contribution in [1.82, 2.24) is 4.90 Å². The highest BCUT2D eigenvalue weighted by molar-refractivity contribution is 5.69. The normalized spacial score (nSPS) is 26.9. The summed E-state index contributed by atoms with van der Waals surface area (Å²) in [6, 6.07) is 10.3. The average Bonchev–Trinajstić information content (AvgIpc) is 2.85. The van der Waals surface area contributed by atoms with Crippen LogP contribution < -0.4 is 5.73 Å². The molecular weight excluding hydrogens is 460 g/mol. The van der Waals surface area contributed by atoms with E-state index in [1.807, 2.05) is 20.8 Å². The van der Waals surface area contributed by atoms with Crippen LogP contribution in [0.4, 0.5) is 4.79 Å². The number of nitrogens with two attached hydrogens (primary N) is 1. The molecule has 8 nitrogen and oxygen atoms in total. The molecule has 1 amide bonds. The van der Waals surface area contributed by atoms with Gasteiger partial charge in [0.05, 0.1) is 51.0 Å². The number of nitrogens with zero attached hydrogens (tertiary/aromatic N) is 1. The molecule has 2 aliphatic rings. The summed E-state index contributed by atoms with van der Waals surface area (Å²) < 4.78 is 22.6. The third-order valence-electron chi connectivity index (χ3n) is 7.19. The van der Waals surface area contributed by atoms with Gasteiger partial charge in [-0.15, -0.1) is 0 Å².